The summed E-state index contributed by atoms with van der Waals surface area (Å²) < 4.78 is 6.16. The lowest BCUT2D eigenvalue weighted by Crippen LogP contribution is -2.07. The van der Waals surface area contributed by atoms with Crippen LogP contribution >= 0.6 is 0 Å². The first-order valence-electron chi connectivity index (χ1n) is 10.8. The van der Waals surface area contributed by atoms with Gasteiger partial charge in [-0.3, -0.25) is 0 Å². The summed E-state index contributed by atoms with van der Waals surface area (Å²) in [5.74, 6) is -1.02. The fourth-order valence-electron chi connectivity index (χ4n) is 3.44. The molecule has 5 heteroatoms. The molecule has 0 aliphatic heterocycles. The quantitative estimate of drug-likeness (QED) is 0.318. The van der Waals surface area contributed by atoms with Crippen LogP contribution in [0.5, 0.6) is 0 Å². The van der Waals surface area contributed by atoms with Crippen LogP contribution in [0.3, 0.4) is 0 Å². The summed E-state index contributed by atoms with van der Waals surface area (Å²) in [4.78, 5) is 21.9. The summed E-state index contributed by atoms with van der Waals surface area (Å²) >= 11 is 0. The molecule has 0 aliphatic rings. The lowest BCUT2D eigenvalue weighted by molar-refractivity contribution is -0.132. The number of ether oxygens (including phenoxy) is 1. The van der Waals surface area contributed by atoms with Crippen molar-refractivity contribution in [2.75, 3.05) is 0 Å². The van der Waals surface area contributed by atoms with E-state index >= 15 is 0 Å². The molecule has 0 unspecified atom stereocenters. The molecule has 0 fully saturated rings. The van der Waals surface area contributed by atoms with E-state index in [4.69, 9.17) is 14.9 Å². The van der Waals surface area contributed by atoms with Gasteiger partial charge in [0, 0.05) is 23.6 Å². The minimum absolute atomic E-state index is 0.0747. The van der Waals surface area contributed by atoms with E-state index in [0.29, 0.717) is 0 Å². The van der Waals surface area contributed by atoms with Gasteiger partial charge in [0.05, 0.1) is 6.26 Å². The number of carbonyl (C=O) groups is 2. The Morgan fingerprint density at radius 2 is 1.21 bits per heavy atom. The average Bonchev–Trinajstić information content (AvgIpc) is 2.76. The summed E-state index contributed by atoms with van der Waals surface area (Å²) in [5.41, 5.74) is 4.32. The molecule has 2 rings (SSSR count). The lowest BCUT2D eigenvalue weighted by Gasteiger charge is -2.22. The Morgan fingerprint density at radius 3 is 1.73 bits per heavy atom. The number of hydrogen-bond acceptors (Lipinski definition) is 3. The van der Waals surface area contributed by atoms with Crippen LogP contribution in [-0.4, -0.2) is 22.2 Å². The van der Waals surface area contributed by atoms with E-state index in [2.05, 4.69) is 13.8 Å². The molecule has 0 amide bonds. The summed E-state index contributed by atoms with van der Waals surface area (Å²) in [7, 11) is 0. The molecule has 2 N–H and O–H groups in total. The first-order chi connectivity index (χ1) is 15.7. The molecule has 2 aromatic carbocycles. The van der Waals surface area contributed by atoms with Gasteiger partial charge in [-0.05, 0) is 46.4 Å². The van der Waals surface area contributed by atoms with Crippen molar-refractivity contribution in [3.05, 3.63) is 95.0 Å². The molecule has 0 heterocycles. The third-order valence-corrected chi connectivity index (χ3v) is 4.87. The van der Waals surface area contributed by atoms with Crippen LogP contribution in [-0.2, 0) is 14.3 Å². The minimum atomic E-state index is -1.01. The van der Waals surface area contributed by atoms with Gasteiger partial charge < -0.3 is 14.9 Å². The highest BCUT2D eigenvalue weighted by molar-refractivity contribution is 5.88. The fraction of sp³-hybridized carbons (Fsp3) is 0.214. The molecule has 0 aromatic heterocycles. The molecule has 0 bridgehead atoms. The summed E-state index contributed by atoms with van der Waals surface area (Å²) in [6, 6.07) is 15.1. The Morgan fingerprint density at radius 1 is 0.727 bits per heavy atom. The SMILES string of the molecule is CC(C)C(OC=Cc1ccccc1C=CC(=O)O)=C(c1ccccc1C=CC(=O)O)C(C)C. The lowest BCUT2D eigenvalue weighted by atomic mass is 9.88. The maximum absolute atomic E-state index is 11.0. The molecule has 0 aliphatic carbocycles. The van der Waals surface area contributed by atoms with Crippen LogP contribution < -0.4 is 0 Å². The van der Waals surface area contributed by atoms with Crippen molar-refractivity contribution >= 4 is 35.7 Å². The van der Waals surface area contributed by atoms with Crippen LogP contribution in [0.25, 0.3) is 23.8 Å². The zero-order valence-corrected chi connectivity index (χ0v) is 19.4. The van der Waals surface area contributed by atoms with Crippen LogP contribution in [0, 0.1) is 11.8 Å². The molecule has 0 radical (unpaired) electrons. The van der Waals surface area contributed by atoms with Gasteiger partial charge in [-0.2, -0.15) is 0 Å². The number of carboxylic acids is 2. The van der Waals surface area contributed by atoms with Gasteiger partial charge in [0.25, 0.3) is 0 Å². The maximum Gasteiger partial charge on any atom is 0.328 e. The van der Waals surface area contributed by atoms with Crippen LogP contribution in [0.2, 0.25) is 0 Å². The third kappa shape index (κ3) is 7.65. The van der Waals surface area contributed by atoms with Crippen molar-refractivity contribution in [2.45, 2.75) is 27.7 Å². The zero-order chi connectivity index (χ0) is 24.4. The summed E-state index contributed by atoms with van der Waals surface area (Å²) in [6.45, 7) is 8.25. The van der Waals surface area contributed by atoms with Gasteiger partial charge in [-0.25, -0.2) is 9.59 Å². The average molecular weight is 447 g/mol. The molecule has 0 saturated carbocycles. The molecule has 0 saturated heterocycles. The standard InChI is InChI=1S/C28H30O5/c1-19(2)27(24-12-8-7-11-23(24)14-16-26(31)32)28(20(3)4)33-18-17-22-10-6-5-9-21(22)13-15-25(29)30/h5-20H,1-4H3,(H,29,30)(H,31,32). The molecular formula is C28H30O5. The first-order valence-corrected chi connectivity index (χ1v) is 10.8. The molecule has 2 aromatic rings. The van der Waals surface area contributed by atoms with E-state index in [1.54, 1.807) is 24.5 Å². The molecule has 5 nitrogen and oxygen atoms in total. The van der Waals surface area contributed by atoms with Crippen molar-refractivity contribution in [3.63, 3.8) is 0 Å². The number of carboxylic acid groups (broad SMARTS) is 2. The van der Waals surface area contributed by atoms with Crippen molar-refractivity contribution in [1.29, 1.82) is 0 Å². The van der Waals surface area contributed by atoms with Crippen LogP contribution in [0.15, 0.2) is 72.7 Å². The van der Waals surface area contributed by atoms with E-state index in [-0.39, 0.29) is 11.8 Å². The monoisotopic (exact) mass is 446 g/mol. The largest absolute Gasteiger partial charge is 0.478 e. The zero-order valence-electron chi connectivity index (χ0n) is 19.4. The highest BCUT2D eigenvalue weighted by Gasteiger charge is 2.19. The Bertz CT molecular complexity index is 1100. The van der Waals surface area contributed by atoms with E-state index in [9.17, 15) is 9.59 Å². The van der Waals surface area contributed by atoms with Gasteiger partial charge in [0.15, 0.2) is 0 Å². The fourth-order valence-corrected chi connectivity index (χ4v) is 3.44. The van der Waals surface area contributed by atoms with E-state index < -0.39 is 11.9 Å². The molecule has 0 atom stereocenters. The number of benzene rings is 2. The van der Waals surface area contributed by atoms with E-state index in [1.807, 2.05) is 62.4 Å². The molecule has 172 valence electrons. The Kier molecular flexibility index (Phi) is 9.43. The summed E-state index contributed by atoms with van der Waals surface area (Å²) in [5, 5.41) is 18.0. The van der Waals surface area contributed by atoms with Crippen LogP contribution in [0.4, 0.5) is 0 Å². The highest BCUT2D eigenvalue weighted by Crippen LogP contribution is 2.34. The van der Waals surface area contributed by atoms with Crippen molar-refractivity contribution in [2.24, 2.45) is 11.8 Å². The normalized spacial score (nSPS) is 12.8. The van der Waals surface area contributed by atoms with Gasteiger partial charge >= 0.3 is 11.9 Å². The van der Waals surface area contributed by atoms with E-state index in [0.717, 1.165) is 45.7 Å². The number of hydrogen-bond donors (Lipinski definition) is 2. The number of rotatable bonds is 10. The molecule has 33 heavy (non-hydrogen) atoms. The van der Waals surface area contributed by atoms with Gasteiger partial charge in [0.2, 0.25) is 0 Å². The highest BCUT2D eigenvalue weighted by atomic mass is 16.5. The molecule has 0 spiro atoms. The van der Waals surface area contributed by atoms with Crippen LogP contribution in [0.1, 0.15) is 49.9 Å². The van der Waals surface area contributed by atoms with E-state index in [1.165, 1.54) is 0 Å². The predicted molar refractivity (Wildman–Crippen MR) is 133 cm³/mol. The van der Waals surface area contributed by atoms with Gasteiger partial charge in [-0.1, -0.05) is 76.2 Å². The van der Waals surface area contributed by atoms with Gasteiger partial charge in [0.1, 0.15) is 5.76 Å². The second-order valence-corrected chi connectivity index (χ2v) is 8.07. The first kappa shape index (κ1) is 25.4. The maximum atomic E-state index is 11.0. The smallest absolute Gasteiger partial charge is 0.328 e. The third-order valence-electron chi connectivity index (χ3n) is 4.87. The van der Waals surface area contributed by atoms with Gasteiger partial charge in [-0.15, -0.1) is 0 Å². The Balaban J connectivity index is 2.49. The second kappa shape index (κ2) is 12.2. The number of allylic oxidation sites excluding steroid dienone is 2. The van der Waals surface area contributed by atoms with Crippen molar-refractivity contribution in [3.8, 4) is 0 Å². The number of aliphatic carboxylic acids is 2. The Labute approximate surface area is 195 Å². The second-order valence-electron chi connectivity index (χ2n) is 8.07. The summed E-state index contributed by atoms with van der Waals surface area (Å²) in [6.07, 6.45) is 8.79. The topological polar surface area (TPSA) is 83.8 Å². The van der Waals surface area contributed by atoms with Crippen molar-refractivity contribution < 1.29 is 24.5 Å². The molecular weight excluding hydrogens is 416 g/mol. The Hall–Kier alpha value is -3.86. The predicted octanol–water partition coefficient (Wildman–Crippen LogP) is 6.59. The minimum Gasteiger partial charge on any atom is -0.478 e. The van der Waals surface area contributed by atoms with Crippen molar-refractivity contribution in [1.82, 2.24) is 0 Å².